The van der Waals surface area contributed by atoms with Gasteiger partial charge in [0.25, 0.3) is 0 Å². The number of carbonyl (C=O) groups excluding carboxylic acids is 1. The molecule has 1 heterocycles. The third-order valence-corrected chi connectivity index (χ3v) is 3.04. The van der Waals surface area contributed by atoms with E-state index in [1.165, 1.54) is 6.07 Å². The van der Waals surface area contributed by atoms with Crippen LogP contribution in [0.25, 0.3) is 11.0 Å². The number of amides is 1. The summed E-state index contributed by atoms with van der Waals surface area (Å²) in [6, 6.07) is 7.04. The van der Waals surface area contributed by atoms with Crippen molar-refractivity contribution in [1.82, 2.24) is 5.32 Å². The number of hydrogen-bond acceptors (Lipinski definition) is 3. The number of aryl methyl sites for hydroxylation is 1. The van der Waals surface area contributed by atoms with Gasteiger partial charge in [-0.1, -0.05) is 26.0 Å². The fourth-order valence-corrected chi connectivity index (χ4v) is 2.04. The van der Waals surface area contributed by atoms with Crippen LogP contribution in [-0.4, -0.2) is 12.5 Å². The van der Waals surface area contributed by atoms with Gasteiger partial charge in [-0.05, 0) is 30.0 Å². The topological polar surface area (TPSA) is 59.3 Å². The van der Waals surface area contributed by atoms with Gasteiger partial charge in [-0.3, -0.25) is 4.79 Å². The zero-order valence-electron chi connectivity index (χ0n) is 12.0. The quantitative estimate of drug-likeness (QED) is 0.870. The minimum atomic E-state index is -0.422. The summed E-state index contributed by atoms with van der Waals surface area (Å²) in [5.74, 6) is 0.324. The van der Waals surface area contributed by atoms with Gasteiger partial charge in [0, 0.05) is 18.0 Å². The Balaban J connectivity index is 2.29. The molecule has 2 aromatic rings. The minimum Gasteiger partial charge on any atom is -0.423 e. The first-order valence-corrected chi connectivity index (χ1v) is 6.76. The number of nitrogens with one attached hydrogen (secondary N) is 1. The summed E-state index contributed by atoms with van der Waals surface area (Å²) in [6.07, 6.45) is 0.192. The van der Waals surface area contributed by atoms with E-state index in [1.54, 1.807) is 0 Å². The molecule has 2 rings (SSSR count). The number of hydrogen-bond donors (Lipinski definition) is 1. The second kappa shape index (κ2) is 5.90. The highest BCUT2D eigenvalue weighted by Gasteiger charge is 2.10. The molecule has 0 aliphatic rings. The molecule has 1 N–H and O–H groups in total. The maximum Gasteiger partial charge on any atom is 0.336 e. The first kappa shape index (κ1) is 14.3. The van der Waals surface area contributed by atoms with E-state index in [0.717, 1.165) is 10.9 Å². The van der Waals surface area contributed by atoms with Crippen molar-refractivity contribution in [3.05, 3.63) is 45.8 Å². The molecule has 0 atom stereocenters. The molecule has 4 nitrogen and oxygen atoms in total. The number of carbonyl (C=O) groups is 1. The van der Waals surface area contributed by atoms with E-state index < -0.39 is 5.63 Å². The van der Waals surface area contributed by atoms with Gasteiger partial charge in [0.2, 0.25) is 5.91 Å². The smallest absolute Gasteiger partial charge is 0.336 e. The van der Waals surface area contributed by atoms with Gasteiger partial charge in [-0.25, -0.2) is 4.79 Å². The van der Waals surface area contributed by atoms with Crippen LogP contribution in [0.5, 0.6) is 0 Å². The van der Waals surface area contributed by atoms with E-state index in [1.807, 2.05) is 39.0 Å². The number of rotatable bonds is 4. The highest BCUT2D eigenvalue weighted by atomic mass is 16.4. The van der Waals surface area contributed by atoms with Gasteiger partial charge < -0.3 is 9.73 Å². The van der Waals surface area contributed by atoms with Gasteiger partial charge in [0.1, 0.15) is 5.58 Å². The zero-order chi connectivity index (χ0) is 14.7. The minimum absolute atomic E-state index is 0.0776. The predicted octanol–water partition coefficient (Wildman–Crippen LogP) is 2.42. The molecule has 0 aliphatic heterocycles. The van der Waals surface area contributed by atoms with Crippen LogP contribution in [0.15, 0.2) is 33.5 Å². The molecule has 106 valence electrons. The van der Waals surface area contributed by atoms with Crippen molar-refractivity contribution in [3.63, 3.8) is 0 Å². The Morgan fingerprint density at radius 1 is 1.30 bits per heavy atom. The van der Waals surface area contributed by atoms with Crippen molar-refractivity contribution in [3.8, 4) is 0 Å². The van der Waals surface area contributed by atoms with Crippen molar-refractivity contribution in [2.24, 2.45) is 5.92 Å². The van der Waals surface area contributed by atoms with Gasteiger partial charge in [-0.15, -0.1) is 0 Å². The molecule has 1 amide bonds. The Bertz CT molecular complexity index is 686. The molecule has 0 spiro atoms. The number of fused-ring (bicyclic) bond motifs is 1. The summed E-state index contributed by atoms with van der Waals surface area (Å²) >= 11 is 0. The van der Waals surface area contributed by atoms with Crippen LogP contribution >= 0.6 is 0 Å². The van der Waals surface area contributed by atoms with Crippen LogP contribution in [0.1, 0.15) is 25.0 Å². The Labute approximate surface area is 117 Å². The van der Waals surface area contributed by atoms with Crippen molar-refractivity contribution < 1.29 is 9.21 Å². The number of benzene rings is 1. The fourth-order valence-electron chi connectivity index (χ4n) is 2.04. The van der Waals surface area contributed by atoms with Gasteiger partial charge in [0.15, 0.2) is 0 Å². The summed E-state index contributed by atoms with van der Waals surface area (Å²) in [5.41, 5.74) is 1.83. The largest absolute Gasteiger partial charge is 0.423 e. The van der Waals surface area contributed by atoms with Crippen LogP contribution in [0.4, 0.5) is 0 Å². The van der Waals surface area contributed by atoms with Crippen molar-refractivity contribution in [2.75, 3.05) is 6.54 Å². The summed E-state index contributed by atoms with van der Waals surface area (Å²) in [5, 5.41) is 3.67. The third kappa shape index (κ3) is 3.47. The molecule has 20 heavy (non-hydrogen) atoms. The molecule has 1 aromatic carbocycles. The standard InChI is InChI=1S/C16H19NO3/c1-10(2)9-17-15(18)7-12-8-16(19)20-14-6-11(3)4-5-13(12)14/h4-6,8,10H,7,9H2,1-3H3,(H,17,18). The Morgan fingerprint density at radius 2 is 2.05 bits per heavy atom. The maximum absolute atomic E-state index is 11.9. The highest BCUT2D eigenvalue weighted by molar-refractivity contribution is 5.87. The molecule has 0 fully saturated rings. The first-order chi connectivity index (χ1) is 9.45. The molecule has 0 saturated carbocycles. The lowest BCUT2D eigenvalue weighted by Gasteiger charge is -2.09. The Kier molecular flexibility index (Phi) is 4.23. The monoisotopic (exact) mass is 273 g/mol. The van der Waals surface area contributed by atoms with E-state index in [9.17, 15) is 9.59 Å². The van der Waals surface area contributed by atoms with Crippen molar-refractivity contribution in [1.29, 1.82) is 0 Å². The SMILES string of the molecule is Cc1ccc2c(CC(=O)NCC(C)C)cc(=O)oc2c1. The fraction of sp³-hybridized carbons (Fsp3) is 0.375. The third-order valence-electron chi connectivity index (χ3n) is 3.04. The molecular weight excluding hydrogens is 254 g/mol. The lowest BCUT2D eigenvalue weighted by atomic mass is 10.1. The van der Waals surface area contributed by atoms with Crippen LogP contribution in [-0.2, 0) is 11.2 Å². The van der Waals surface area contributed by atoms with Gasteiger partial charge in [0.05, 0.1) is 6.42 Å². The highest BCUT2D eigenvalue weighted by Crippen LogP contribution is 2.18. The van der Waals surface area contributed by atoms with Crippen LogP contribution in [0.3, 0.4) is 0 Å². The molecule has 0 bridgehead atoms. The molecule has 0 aliphatic carbocycles. The summed E-state index contributed by atoms with van der Waals surface area (Å²) in [7, 11) is 0. The second-order valence-corrected chi connectivity index (χ2v) is 5.46. The van der Waals surface area contributed by atoms with E-state index in [0.29, 0.717) is 23.6 Å². The lowest BCUT2D eigenvalue weighted by Crippen LogP contribution is -2.29. The average Bonchev–Trinajstić information content (AvgIpc) is 2.35. The first-order valence-electron chi connectivity index (χ1n) is 6.76. The lowest BCUT2D eigenvalue weighted by molar-refractivity contribution is -0.120. The van der Waals surface area contributed by atoms with E-state index >= 15 is 0 Å². The van der Waals surface area contributed by atoms with E-state index in [4.69, 9.17) is 4.42 Å². The molecule has 4 heteroatoms. The molecule has 0 radical (unpaired) electrons. The molecule has 0 unspecified atom stereocenters. The van der Waals surface area contributed by atoms with Crippen LogP contribution in [0.2, 0.25) is 0 Å². The van der Waals surface area contributed by atoms with Gasteiger partial charge >= 0.3 is 5.63 Å². The molecular formula is C16H19NO3. The summed E-state index contributed by atoms with van der Waals surface area (Å²) < 4.78 is 5.18. The second-order valence-electron chi connectivity index (χ2n) is 5.46. The van der Waals surface area contributed by atoms with Crippen LogP contribution in [0, 0.1) is 12.8 Å². The van der Waals surface area contributed by atoms with Crippen molar-refractivity contribution in [2.45, 2.75) is 27.2 Å². The van der Waals surface area contributed by atoms with E-state index in [-0.39, 0.29) is 12.3 Å². The predicted molar refractivity (Wildman–Crippen MR) is 78.8 cm³/mol. The Morgan fingerprint density at radius 3 is 2.75 bits per heavy atom. The zero-order valence-corrected chi connectivity index (χ0v) is 12.0. The molecule has 0 saturated heterocycles. The van der Waals surface area contributed by atoms with Gasteiger partial charge in [-0.2, -0.15) is 0 Å². The van der Waals surface area contributed by atoms with Crippen molar-refractivity contribution >= 4 is 16.9 Å². The summed E-state index contributed by atoms with van der Waals surface area (Å²) in [4.78, 5) is 23.5. The maximum atomic E-state index is 11.9. The van der Waals surface area contributed by atoms with Crippen LogP contribution < -0.4 is 10.9 Å². The summed E-state index contributed by atoms with van der Waals surface area (Å²) in [6.45, 7) is 6.64. The molecule has 1 aromatic heterocycles. The Hall–Kier alpha value is -2.10. The van der Waals surface area contributed by atoms with E-state index in [2.05, 4.69) is 5.32 Å². The normalized spacial score (nSPS) is 11.0. The average molecular weight is 273 g/mol.